The van der Waals surface area contributed by atoms with Crippen LogP contribution in [-0.2, 0) is 11.3 Å². The lowest BCUT2D eigenvalue weighted by Gasteiger charge is -2.25. The van der Waals surface area contributed by atoms with Gasteiger partial charge in [-0.1, -0.05) is 19.8 Å². The van der Waals surface area contributed by atoms with E-state index in [1.54, 1.807) is 18.2 Å². The van der Waals surface area contributed by atoms with Crippen LogP contribution in [-0.4, -0.2) is 40.5 Å². The molecule has 2 rings (SSSR count). The predicted octanol–water partition coefficient (Wildman–Crippen LogP) is 3.11. The fourth-order valence-corrected chi connectivity index (χ4v) is 2.78. The number of nitrogens with zero attached hydrogens (tertiary/aromatic N) is 2. The molecular formula is C19H27N3O3. The highest BCUT2D eigenvalue weighted by Crippen LogP contribution is 2.13. The van der Waals surface area contributed by atoms with E-state index in [1.807, 2.05) is 0 Å². The Morgan fingerprint density at radius 1 is 1.32 bits per heavy atom. The maximum atomic E-state index is 12.3. The number of aromatic nitrogens is 2. The van der Waals surface area contributed by atoms with E-state index in [0.717, 1.165) is 13.0 Å². The van der Waals surface area contributed by atoms with Gasteiger partial charge in [-0.15, -0.1) is 0 Å². The number of fused-ring (bicyclic) bond motifs is 1. The molecule has 6 nitrogen and oxygen atoms in total. The molecule has 1 heterocycles. The molecule has 1 aromatic carbocycles. The Labute approximate surface area is 148 Å². The van der Waals surface area contributed by atoms with Gasteiger partial charge in [0.2, 0.25) is 0 Å². The van der Waals surface area contributed by atoms with Gasteiger partial charge < -0.3 is 9.72 Å². The van der Waals surface area contributed by atoms with E-state index in [0.29, 0.717) is 34.9 Å². The number of aromatic amines is 1. The zero-order valence-corrected chi connectivity index (χ0v) is 15.5. The molecule has 0 saturated carbocycles. The van der Waals surface area contributed by atoms with Gasteiger partial charge in [0.25, 0.3) is 5.56 Å². The van der Waals surface area contributed by atoms with Crippen LogP contribution in [0.2, 0.25) is 0 Å². The van der Waals surface area contributed by atoms with Crippen molar-refractivity contribution >= 4 is 16.9 Å². The second-order valence-electron chi connectivity index (χ2n) is 6.51. The van der Waals surface area contributed by atoms with Crippen molar-refractivity contribution in [2.24, 2.45) is 0 Å². The number of hydrogen-bond acceptors (Lipinski definition) is 5. The summed E-state index contributed by atoms with van der Waals surface area (Å²) in [5, 5.41) is 0.471. The van der Waals surface area contributed by atoms with E-state index in [1.165, 1.54) is 20.0 Å². The third kappa shape index (κ3) is 4.89. The fraction of sp³-hybridized carbons (Fsp3) is 0.526. The van der Waals surface area contributed by atoms with Crippen LogP contribution in [0.1, 0.15) is 56.2 Å². The number of nitrogens with one attached hydrogen (secondary N) is 1. The summed E-state index contributed by atoms with van der Waals surface area (Å²) >= 11 is 0. The maximum Gasteiger partial charge on any atom is 0.337 e. The molecular weight excluding hydrogens is 318 g/mol. The zero-order chi connectivity index (χ0) is 18.4. The minimum absolute atomic E-state index is 0.186. The number of ether oxygens (including phenoxy) is 1. The summed E-state index contributed by atoms with van der Waals surface area (Å²) in [6, 6.07) is 5.16. The monoisotopic (exact) mass is 345 g/mol. The SMILES string of the molecule is CCCCCN(Cc1nc2cc(C(=O)OC)ccc2c(=O)[nH]1)C(C)C. The molecule has 0 spiro atoms. The standard InChI is InChI=1S/C19H27N3O3/c1-5-6-7-10-22(13(2)3)12-17-20-16-11-14(19(24)25-4)8-9-15(16)18(23)21-17/h8-9,11,13H,5-7,10,12H2,1-4H3,(H,20,21,23). The predicted molar refractivity (Wildman–Crippen MR) is 98.8 cm³/mol. The van der Waals surface area contributed by atoms with Gasteiger partial charge in [-0.3, -0.25) is 9.69 Å². The van der Waals surface area contributed by atoms with E-state index in [-0.39, 0.29) is 5.56 Å². The average Bonchev–Trinajstić information content (AvgIpc) is 2.59. The Morgan fingerprint density at radius 2 is 2.08 bits per heavy atom. The summed E-state index contributed by atoms with van der Waals surface area (Å²) in [5.74, 6) is 0.179. The van der Waals surface area contributed by atoms with Crippen molar-refractivity contribution in [1.29, 1.82) is 0 Å². The molecule has 0 fully saturated rings. The molecule has 0 bridgehead atoms. The summed E-state index contributed by atoms with van der Waals surface area (Å²) in [5.41, 5.74) is 0.718. The first-order valence-electron chi connectivity index (χ1n) is 8.81. The van der Waals surface area contributed by atoms with Crippen LogP contribution in [0.4, 0.5) is 0 Å². The first kappa shape index (κ1) is 19.1. The van der Waals surface area contributed by atoms with Crippen molar-refractivity contribution in [1.82, 2.24) is 14.9 Å². The van der Waals surface area contributed by atoms with Crippen molar-refractivity contribution in [2.45, 2.75) is 52.6 Å². The molecule has 0 aliphatic carbocycles. The Morgan fingerprint density at radius 3 is 2.72 bits per heavy atom. The van der Waals surface area contributed by atoms with Crippen molar-refractivity contribution in [3.8, 4) is 0 Å². The molecule has 0 amide bonds. The Hall–Kier alpha value is -2.21. The third-order valence-electron chi connectivity index (χ3n) is 4.31. The van der Waals surface area contributed by atoms with Crippen molar-refractivity contribution in [3.05, 3.63) is 39.9 Å². The smallest absolute Gasteiger partial charge is 0.337 e. The lowest BCUT2D eigenvalue weighted by atomic mass is 10.1. The number of benzene rings is 1. The van der Waals surface area contributed by atoms with Gasteiger partial charge in [-0.25, -0.2) is 9.78 Å². The number of hydrogen-bond donors (Lipinski definition) is 1. The molecule has 0 unspecified atom stereocenters. The van der Waals surface area contributed by atoms with Gasteiger partial charge in [0.05, 0.1) is 30.1 Å². The molecule has 0 saturated heterocycles. The van der Waals surface area contributed by atoms with E-state index in [2.05, 4.69) is 35.6 Å². The fourth-order valence-electron chi connectivity index (χ4n) is 2.78. The van der Waals surface area contributed by atoms with E-state index in [4.69, 9.17) is 4.74 Å². The first-order chi connectivity index (χ1) is 12.0. The summed E-state index contributed by atoms with van der Waals surface area (Å²) in [7, 11) is 1.33. The molecule has 0 radical (unpaired) electrons. The Kier molecular flexibility index (Phi) is 6.70. The van der Waals surface area contributed by atoms with Gasteiger partial charge in [-0.05, 0) is 45.0 Å². The topological polar surface area (TPSA) is 75.3 Å². The van der Waals surface area contributed by atoms with Crippen molar-refractivity contribution < 1.29 is 9.53 Å². The average molecular weight is 345 g/mol. The number of esters is 1. The minimum Gasteiger partial charge on any atom is -0.465 e. The normalized spacial score (nSPS) is 11.4. The number of carbonyl (C=O) groups excluding carboxylic acids is 1. The van der Waals surface area contributed by atoms with Gasteiger partial charge in [-0.2, -0.15) is 0 Å². The van der Waals surface area contributed by atoms with Gasteiger partial charge >= 0.3 is 5.97 Å². The molecule has 0 aliphatic heterocycles. The number of carbonyl (C=O) groups is 1. The second kappa shape index (κ2) is 8.76. The van der Waals surface area contributed by atoms with E-state index >= 15 is 0 Å². The number of H-pyrrole nitrogens is 1. The maximum absolute atomic E-state index is 12.3. The molecule has 2 aromatic rings. The van der Waals surface area contributed by atoms with Crippen LogP contribution in [0.3, 0.4) is 0 Å². The molecule has 1 N–H and O–H groups in total. The van der Waals surface area contributed by atoms with Crippen LogP contribution in [0.25, 0.3) is 10.9 Å². The van der Waals surface area contributed by atoms with Crippen LogP contribution >= 0.6 is 0 Å². The highest BCUT2D eigenvalue weighted by molar-refractivity contribution is 5.93. The molecule has 136 valence electrons. The Balaban J connectivity index is 2.30. The minimum atomic E-state index is -0.436. The highest BCUT2D eigenvalue weighted by Gasteiger charge is 2.14. The van der Waals surface area contributed by atoms with Crippen molar-refractivity contribution in [2.75, 3.05) is 13.7 Å². The molecule has 0 aliphatic rings. The van der Waals surface area contributed by atoms with Gasteiger partial charge in [0, 0.05) is 6.04 Å². The van der Waals surface area contributed by atoms with Gasteiger partial charge in [0.15, 0.2) is 0 Å². The lowest BCUT2D eigenvalue weighted by Crippen LogP contribution is -2.32. The molecule has 1 aromatic heterocycles. The molecule has 6 heteroatoms. The molecule has 25 heavy (non-hydrogen) atoms. The third-order valence-corrected chi connectivity index (χ3v) is 4.31. The second-order valence-corrected chi connectivity index (χ2v) is 6.51. The number of methoxy groups -OCH3 is 1. The zero-order valence-electron chi connectivity index (χ0n) is 15.5. The summed E-state index contributed by atoms with van der Waals surface area (Å²) in [6.07, 6.45) is 3.49. The first-order valence-corrected chi connectivity index (χ1v) is 8.81. The number of unbranched alkanes of at least 4 members (excludes halogenated alkanes) is 2. The Bertz CT molecular complexity index is 783. The van der Waals surface area contributed by atoms with Crippen LogP contribution in [0.15, 0.2) is 23.0 Å². The summed E-state index contributed by atoms with van der Waals surface area (Å²) in [4.78, 5) is 33.7. The summed E-state index contributed by atoms with van der Waals surface area (Å²) < 4.78 is 4.74. The van der Waals surface area contributed by atoms with Crippen molar-refractivity contribution in [3.63, 3.8) is 0 Å². The lowest BCUT2D eigenvalue weighted by molar-refractivity contribution is 0.0601. The van der Waals surface area contributed by atoms with Crippen LogP contribution < -0.4 is 5.56 Å². The van der Waals surface area contributed by atoms with Crippen LogP contribution in [0.5, 0.6) is 0 Å². The summed E-state index contributed by atoms with van der Waals surface area (Å²) in [6.45, 7) is 8.01. The van der Waals surface area contributed by atoms with E-state index < -0.39 is 5.97 Å². The largest absolute Gasteiger partial charge is 0.465 e. The molecule has 0 atom stereocenters. The van der Waals surface area contributed by atoms with E-state index in [9.17, 15) is 9.59 Å². The highest BCUT2D eigenvalue weighted by atomic mass is 16.5. The quantitative estimate of drug-likeness (QED) is 0.588. The van der Waals surface area contributed by atoms with Gasteiger partial charge in [0.1, 0.15) is 5.82 Å². The van der Waals surface area contributed by atoms with Crippen LogP contribution in [0, 0.1) is 0 Å². The number of rotatable bonds is 8.